The van der Waals surface area contributed by atoms with Gasteiger partial charge in [0, 0.05) is 0 Å². The van der Waals surface area contributed by atoms with Gasteiger partial charge in [-0.05, 0) is 30.0 Å². The summed E-state index contributed by atoms with van der Waals surface area (Å²) < 4.78 is 5.32. The third-order valence-electron chi connectivity index (χ3n) is 2.94. The summed E-state index contributed by atoms with van der Waals surface area (Å²) in [5.41, 5.74) is 1.88. The Balaban J connectivity index is 1.81. The lowest BCUT2D eigenvalue weighted by Crippen LogP contribution is -2.13. The first-order chi connectivity index (χ1) is 9.25. The Bertz CT molecular complexity index is 505. The van der Waals surface area contributed by atoms with Crippen LogP contribution in [0, 0.1) is 5.92 Å². The van der Waals surface area contributed by atoms with Gasteiger partial charge in [-0.15, -0.1) is 0 Å². The van der Waals surface area contributed by atoms with Crippen molar-refractivity contribution in [3.8, 4) is 0 Å². The van der Waals surface area contributed by atoms with Crippen LogP contribution in [0.4, 0.5) is 0 Å². The van der Waals surface area contributed by atoms with E-state index in [1.54, 1.807) is 12.1 Å². The van der Waals surface area contributed by atoms with Crippen LogP contribution in [0.2, 0.25) is 0 Å². The molecule has 0 saturated carbocycles. The van der Waals surface area contributed by atoms with Crippen molar-refractivity contribution in [3.05, 3.63) is 71.8 Å². The molecule has 2 aromatic carbocycles. The van der Waals surface area contributed by atoms with Gasteiger partial charge in [0.25, 0.3) is 0 Å². The summed E-state index contributed by atoms with van der Waals surface area (Å²) in [6, 6.07) is 19.3. The summed E-state index contributed by atoms with van der Waals surface area (Å²) in [5.74, 6) is 0.0653. The maximum Gasteiger partial charge on any atom is 0.338 e. The van der Waals surface area contributed by atoms with Crippen molar-refractivity contribution in [2.75, 3.05) is 6.61 Å². The van der Waals surface area contributed by atoms with Crippen LogP contribution in [0.3, 0.4) is 0 Å². The van der Waals surface area contributed by atoms with Crippen molar-refractivity contribution in [2.24, 2.45) is 5.92 Å². The van der Waals surface area contributed by atoms with Gasteiger partial charge < -0.3 is 4.74 Å². The number of hydrogen-bond donors (Lipinski definition) is 0. The first-order valence-corrected chi connectivity index (χ1v) is 6.52. The van der Waals surface area contributed by atoms with Gasteiger partial charge in [0.2, 0.25) is 0 Å². The monoisotopic (exact) mass is 254 g/mol. The van der Waals surface area contributed by atoms with Crippen LogP contribution in [0.1, 0.15) is 22.8 Å². The number of carbonyl (C=O) groups is 1. The van der Waals surface area contributed by atoms with Crippen LogP contribution >= 0.6 is 0 Å². The molecule has 0 aliphatic heterocycles. The van der Waals surface area contributed by atoms with E-state index in [0.29, 0.717) is 18.1 Å². The molecule has 0 fully saturated rings. The topological polar surface area (TPSA) is 26.3 Å². The van der Waals surface area contributed by atoms with E-state index in [-0.39, 0.29) is 5.97 Å². The maximum absolute atomic E-state index is 11.8. The van der Waals surface area contributed by atoms with Crippen LogP contribution in [-0.4, -0.2) is 12.6 Å². The number of carbonyl (C=O) groups excluding carboxylic acids is 1. The molecule has 2 nitrogen and oxygen atoms in total. The predicted octanol–water partition coefficient (Wildman–Crippen LogP) is 3.72. The summed E-state index contributed by atoms with van der Waals surface area (Å²) in [7, 11) is 0. The van der Waals surface area contributed by atoms with E-state index >= 15 is 0 Å². The van der Waals surface area contributed by atoms with Crippen LogP contribution in [0.5, 0.6) is 0 Å². The Kier molecular flexibility index (Phi) is 4.73. The molecule has 0 aliphatic rings. The molecule has 0 amide bonds. The van der Waals surface area contributed by atoms with Gasteiger partial charge >= 0.3 is 5.97 Å². The highest BCUT2D eigenvalue weighted by Crippen LogP contribution is 2.10. The fourth-order valence-electron chi connectivity index (χ4n) is 1.95. The Hall–Kier alpha value is -2.09. The third kappa shape index (κ3) is 4.25. The standard InChI is InChI=1S/C17H18O2/c1-14(12-15-8-4-2-5-9-15)13-19-17(18)16-10-6-3-7-11-16/h2-11,14H,12-13H2,1H3. The molecule has 0 radical (unpaired) electrons. The van der Waals surface area contributed by atoms with Gasteiger partial charge in [-0.1, -0.05) is 55.5 Å². The quantitative estimate of drug-likeness (QED) is 0.760. The molecule has 1 atom stereocenters. The highest BCUT2D eigenvalue weighted by molar-refractivity contribution is 5.89. The highest BCUT2D eigenvalue weighted by atomic mass is 16.5. The van der Waals surface area contributed by atoms with Crippen LogP contribution in [0.25, 0.3) is 0 Å². The molecular formula is C17H18O2. The largest absolute Gasteiger partial charge is 0.462 e. The van der Waals surface area contributed by atoms with Crippen molar-refractivity contribution in [1.29, 1.82) is 0 Å². The minimum absolute atomic E-state index is 0.250. The summed E-state index contributed by atoms with van der Waals surface area (Å²) in [6.45, 7) is 2.54. The van der Waals surface area contributed by atoms with E-state index in [1.807, 2.05) is 36.4 Å². The first-order valence-electron chi connectivity index (χ1n) is 6.52. The van der Waals surface area contributed by atoms with E-state index in [0.717, 1.165) is 6.42 Å². The van der Waals surface area contributed by atoms with Crippen LogP contribution in [0.15, 0.2) is 60.7 Å². The zero-order chi connectivity index (χ0) is 13.5. The van der Waals surface area contributed by atoms with Crippen LogP contribution < -0.4 is 0 Å². The fourth-order valence-corrected chi connectivity index (χ4v) is 1.95. The Morgan fingerprint density at radius 1 is 1.00 bits per heavy atom. The van der Waals surface area contributed by atoms with E-state index in [2.05, 4.69) is 19.1 Å². The lowest BCUT2D eigenvalue weighted by molar-refractivity contribution is 0.0449. The summed E-state index contributed by atoms with van der Waals surface area (Å²) in [5, 5.41) is 0. The zero-order valence-corrected chi connectivity index (χ0v) is 11.1. The molecule has 0 heterocycles. The zero-order valence-electron chi connectivity index (χ0n) is 11.1. The molecule has 2 rings (SSSR count). The Morgan fingerprint density at radius 3 is 2.21 bits per heavy atom. The van der Waals surface area contributed by atoms with Gasteiger partial charge in [-0.25, -0.2) is 4.79 Å². The van der Waals surface area contributed by atoms with E-state index < -0.39 is 0 Å². The van der Waals surface area contributed by atoms with E-state index in [4.69, 9.17) is 4.74 Å². The average Bonchev–Trinajstić information content (AvgIpc) is 2.47. The van der Waals surface area contributed by atoms with Gasteiger partial charge in [-0.2, -0.15) is 0 Å². The smallest absolute Gasteiger partial charge is 0.338 e. The highest BCUT2D eigenvalue weighted by Gasteiger charge is 2.09. The number of benzene rings is 2. The second-order valence-electron chi connectivity index (χ2n) is 4.76. The number of hydrogen-bond acceptors (Lipinski definition) is 2. The van der Waals surface area contributed by atoms with E-state index in [9.17, 15) is 4.79 Å². The molecule has 0 spiro atoms. The molecule has 0 bridgehead atoms. The second-order valence-corrected chi connectivity index (χ2v) is 4.76. The van der Waals surface area contributed by atoms with Crippen molar-refractivity contribution in [2.45, 2.75) is 13.3 Å². The van der Waals surface area contributed by atoms with Gasteiger partial charge in [-0.3, -0.25) is 0 Å². The van der Waals surface area contributed by atoms with Crippen molar-refractivity contribution < 1.29 is 9.53 Å². The molecule has 98 valence electrons. The molecule has 0 aliphatic carbocycles. The van der Waals surface area contributed by atoms with Crippen molar-refractivity contribution in [1.82, 2.24) is 0 Å². The lowest BCUT2D eigenvalue weighted by Gasteiger charge is -2.12. The molecular weight excluding hydrogens is 236 g/mol. The number of ether oxygens (including phenoxy) is 1. The molecule has 0 saturated heterocycles. The van der Waals surface area contributed by atoms with Crippen molar-refractivity contribution >= 4 is 5.97 Å². The molecule has 0 aromatic heterocycles. The molecule has 1 unspecified atom stereocenters. The van der Waals surface area contributed by atoms with Gasteiger partial charge in [0.05, 0.1) is 12.2 Å². The predicted molar refractivity (Wildman–Crippen MR) is 76.0 cm³/mol. The number of rotatable bonds is 5. The van der Waals surface area contributed by atoms with Crippen LogP contribution in [-0.2, 0) is 11.2 Å². The fraction of sp³-hybridized carbons (Fsp3) is 0.235. The summed E-state index contributed by atoms with van der Waals surface area (Å²) in [4.78, 5) is 11.8. The summed E-state index contributed by atoms with van der Waals surface area (Å²) in [6.07, 6.45) is 0.920. The molecule has 0 N–H and O–H groups in total. The molecule has 2 aromatic rings. The minimum Gasteiger partial charge on any atom is -0.462 e. The van der Waals surface area contributed by atoms with Gasteiger partial charge in [0.15, 0.2) is 0 Å². The maximum atomic E-state index is 11.8. The minimum atomic E-state index is -0.250. The Labute approximate surface area is 114 Å². The normalized spacial score (nSPS) is 11.8. The summed E-state index contributed by atoms with van der Waals surface area (Å²) >= 11 is 0. The molecule has 19 heavy (non-hydrogen) atoms. The first kappa shape index (κ1) is 13.3. The molecule has 2 heteroatoms. The third-order valence-corrected chi connectivity index (χ3v) is 2.94. The lowest BCUT2D eigenvalue weighted by atomic mass is 10.0. The van der Waals surface area contributed by atoms with Crippen molar-refractivity contribution in [3.63, 3.8) is 0 Å². The Morgan fingerprint density at radius 2 is 1.58 bits per heavy atom. The van der Waals surface area contributed by atoms with Gasteiger partial charge in [0.1, 0.15) is 0 Å². The average molecular weight is 254 g/mol. The number of esters is 1. The SMILES string of the molecule is CC(COC(=O)c1ccccc1)Cc1ccccc1. The second kappa shape index (κ2) is 6.74. The van der Waals surface area contributed by atoms with E-state index in [1.165, 1.54) is 5.56 Å².